The first-order valence-electron chi connectivity index (χ1n) is 15.7. The molecule has 1 atom stereocenters. The van der Waals surface area contributed by atoms with E-state index in [4.69, 9.17) is 0 Å². The van der Waals surface area contributed by atoms with Crippen molar-refractivity contribution >= 4 is 33.1 Å². The number of hydrogen-bond acceptors (Lipinski definition) is 8. The van der Waals surface area contributed by atoms with Crippen molar-refractivity contribution in [1.29, 1.82) is 10.5 Å². The molecule has 2 aromatic carbocycles. The van der Waals surface area contributed by atoms with E-state index in [2.05, 4.69) is 32.0 Å². The molecule has 0 saturated heterocycles. The number of alkyl halides is 3. The summed E-state index contributed by atoms with van der Waals surface area (Å²) >= 11 is 0. The lowest BCUT2D eigenvalue weighted by molar-refractivity contribution is -0.206. The second kappa shape index (κ2) is 11.1. The van der Waals surface area contributed by atoms with Crippen LogP contribution in [0.25, 0.3) is 21.7 Å². The first-order chi connectivity index (χ1) is 22.9. The van der Waals surface area contributed by atoms with E-state index in [-0.39, 0.29) is 33.4 Å². The Labute approximate surface area is 273 Å². The number of nitrogens with one attached hydrogen (secondary N) is 2. The molecule has 3 heterocycles. The van der Waals surface area contributed by atoms with Crippen LogP contribution >= 0.6 is 0 Å². The van der Waals surface area contributed by atoms with Gasteiger partial charge in [0.1, 0.15) is 17.8 Å². The van der Waals surface area contributed by atoms with Crippen LogP contribution in [0.3, 0.4) is 0 Å². The highest BCUT2D eigenvalue weighted by Crippen LogP contribution is 2.59. The zero-order valence-electron chi connectivity index (χ0n) is 26.6. The molecule has 2 fully saturated rings. The number of pyridine rings is 2. The topological polar surface area (TPSA) is 137 Å². The van der Waals surface area contributed by atoms with E-state index >= 15 is 0 Å². The largest absolute Gasteiger partial charge is 0.395 e. The summed E-state index contributed by atoms with van der Waals surface area (Å²) < 4.78 is 44.8. The van der Waals surface area contributed by atoms with Crippen LogP contribution in [0.5, 0.6) is 0 Å². The van der Waals surface area contributed by atoms with Gasteiger partial charge in [0.15, 0.2) is 0 Å². The smallest absolute Gasteiger partial charge is 0.382 e. The summed E-state index contributed by atoms with van der Waals surface area (Å²) in [6, 6.07) is 14.1. The monoisotopic (exact) mass is 651 g/mol. The van der Waals surface area contributed by atoms with Gasteiger partial charge in [0.25, 0.3) is 5.56 Å². The minimum atomic E-state index is -4.50. The van der Waals surface area contributed by atoms with Gasteiger partial charge in [-0.2, -0.15) is 23.7 Å². The summed E-state index contributed by atoms with van der Waals surface area (Å²) in [4.78, 5) is 17.4. The second-order valence-electron chi connectivity index (χ2n) is 13.5. The van der Waals surface area contributed by atoms with Crippen LogP contribution in [0.2, 0.25) is 0 Å². The quantitative estimate of drug-likeness (QED) is 0.184. The maximum atomic E-state index is 13.8. The summed E-state index contributed by atoms with van der Waals surface area (Å²) in [5.74, 6) is 0.577. The maximum absolute atomic E-state index is 13.8. The van der Waals surface area contributed by atoms with Crippen LogP contribution in [0.4, 0.5) is 24.5 Å². The summed E-state index contributed by atoms with van der Waals surface area (Å²) in [6.45, 7) is 1.64. The molecule has 0 spiro atoms. The summed E-state index contributed by atoms with van der Waals surface area (Å²) in [5.41, 5.74) is 0.103. The maximum Gasteiger partial charge on any atom is 0.395 e. The van der Waals surface area contributed by atoms with Gasteiger partial charge in [-0.25, -0.2) is 4.68 Å². The number of benzene rings is 2. The number of anilines is 2. The van der Waals surface area contributed by atoms with Crippen LogP contribution in [0.15, 0.2) is 59.8 Å². The van der Waals surface area contributed by atoms with Crippen molar-refractivity contribution in [2.24, 2.45) is 18.4 Å². The highest BCUT2D eigenvalue weighted by atomic mass is 19.4. The Morgan fingerprint density at radius 2 is 1.81 bits per heavy atom. The van der Waals surface area contributed by atoms with Crippen LogP contribution in [0, 0.1) is 34.0 Å². The molecule has 244 valence electrons. The zero-order chi connectivity index (χ0) is 34.0. The molecule has 1 unspecified atom stereocenters. The number of rotatable bonds is 9. The molecule has 2 N–H and O–H groups in total. The number of aromatic nitrogens is 5. The molecular formula is C35H32F3N9O. The van der Waals surface area contributed by atoms with Gasteiger partial charge in [-0.3, -0.25) is 9.78 Å². The van der Waals surface area contributed by atoms with Gasteiger partial charge in [0.2, 0.25) is 0 Å². The highest BCUT2D eigenvalue weighted by Gasteiger charge is 2.56. The van der Waals surface area contributed by atoms with Crippen molar-refractivity contribution in [2.75, 3.05) is 17.2 Å². The second-order valence-corrected chi connectivity index (χ2v) is 13.5. The predicted octanol–water partition coefficient (Wildman–Crippen LogP) is 6.52. The SMILES string of the molecule is Cn1ccc2c(C(Nc3cc(C#N)c4ncc(C#N)c(NCC(C)(C)C(F)(F)F)c4c3)c3cn(C4(C5CC5)CC4)nn3)cccc2c1=O. The van der Waals surface area contributed by atoms with Crippen molar-refractivity contribution in [3.8, 4) is 12.1 Å². The Morgan fingerprint density at radius 3 is 2.48 bits per heavy atom. The molecule has 0 bridgehead atoms. The third-order valence-electron chi connectivity index (χ3n) is 9.83. The van der Waals surface area contributed by atoms with Crippen LogP contribution in [0.1, 0.15) is 68.0 Å². The average molecular weight is 652 g/mol. The number of aryl methyl sites for hydroxylation is 1. The molecule has 0 radical (unpaired) electrons. The van der Waals surface area contributed by atoms with Crippen LogP contribution < -0.4 is 16.2 Å². The lowest BCUT2D eigenvalue weighted by atomic mass is 9.92. The fraction of sp³-hybridized carbons (Fsp3) is 0.371. The molecule has 0 amide bonds. The van der Waals surface area contributed by atoms with Crippen molar-refractivity contribution in [1.82, 2.24) is 24.5 Å². The summed E-state index contributed by atoms with van der Waals surface area (Å²) in [6.07, 6.45) is 4.79. The Kier molecular flexibility index (Phi) is 7.20. The van der Waals surface area contributed by atoms with E-state index in [0.29, 0.717) is 33.5 Å². The lowest BCUT2D eigenvalue weighted by Crippen LogP contribution is -2.38. The summed E-state index contributed by atoms with van der Waals surface area (Å²) in [7, 11) is 1.69. The fourth-order valence-electron chi connectivity index (χ4n) is 6.49. The minimum Gasteiger partial charge on any atom is -0.382 e. The molecule has 13 heteroatoms. The molecule has 48 heavy (non-hydrogen) atoms. The summed E-state index contributed by atoms with van der Waals surface area (Å²) in [5, 5.41) is 37.1. The molecule has 0 aliphatic heterocycles. The minimum absolute atomic E-state index is 0.0223. The van der Waals surface area contributed by atoms with E-state index in [9.17, 15) is 28.5 Å². The van der Waals surface area contributed by atoms with Crippen LogP contribution in [-0.4, -0.2) is 37.3 Å². The Hall–Kier alpha value is -5.43. The molecule has 10 nitrogen and oxygen atoms in total. The van der Waals surface area contributed by atoms with Crippen molar-refractivity contribution in [3.05, 3.63) is 87.7 Å². The molecule has 2 aliphatic carbocycles. The van der Waals surface area contributed by atoms with Crippen molar-refractivity contribution < 1.29 is 13.2 Å². The van der Waals surface area contributed by atoms with E-state index < -0.39 is 24.2 Å². The number of fused-ring (bicyclic) bond motifs is 2. The Morgan fingerprint density at radius 1 is 1.06 bits per heavy atom. The van der Waals surface area contributed by atoms with Gasteiger partial charge in [-0.1, -0.05) is 17.3 Å². The number of halogens is 3. The van der Waals surface area contributed by atoms with Crippen molar-refractivity contribution in [3.63, 3.8) is 0 Å². The molecule has 2 aliphatic rings. The van der Waals surface area contributed by atoms with E-state index in [1.807, 2.05) is 29.1 Å². The van der Waals surface area contributed by atoms with Gasteiger partial charge in [0.05, 0.1) is 45.5 Å². The first kappa shape index (κ1) is 31.2. The molecule has 3 aromatic heterocycles. The normalized spacial score (nSPS) is 16.3. The Balaban J connectivity index is 1.37. The Bertz CT molecular complexity index is 2230. The van der Waals surface area contributed by atoms with Gasteiger partial charge in [-0.15, -0.1) is 5.10 Å². The van der Waals surface area contributed by atoms with Gasteiger partial charge in [0, 0.05) is 42.4 Å². The van der Waals surface area contributed by atoms with Crippen molar-refractivity contribution in [2.45, 2.75) is 57.3 Å². The highest BCUT2D eigenvalue weighted by molar-refractivity contribution is 5.99. The van der Waals surface area contributed by atoms with Crippen LogP contribution in [-0.2, 0) is 12.6 Å². The van der Waals surface area contributed by atoms with Gasteiger partial charge < -0.3 is 15.2 Å². The molecule has 5 aromatic rings. The zero-order valence-corrected chi connectivity index (χ0v) is 26.6. The van der Waals surface area contributed by atoms with E-state index in [0.717, 1.165) is 45.1 Å². The molecule has 2 saturated carbocycles. The standard InChI is InChI=1S/C35H32F3N9O/c1-33(2,35(36,37)38)19-42-30-21(16-40)17-41-29-20(15-39)13-23(14-27(29)30)43-31(25-5-4-6-26-24(25)9-12-46(3)32(26)48)28-18-47(45-44-28)34(10-11-34)22-7-8-22/h4-6,9,12-14,17-18,22,31,43H,7-8,10-11,19H2,1-3H3,(H,41,42). The average Bonchev–Trinajstić information content (AvgIpc) is 4.00. The van der Waals surface area contributed by atoms with Gasteiger partial charge in [-0.05, 0) is 80.7 Å². The fourth-order valence-corrected chi connectivity index (χ4v) is 6.49. The molecular weight excluding hydrogens is 619 g/mol. The third-order valence-corrected chi connectivity index (χ3v) is 9.83. The molecule has 7 rings (SSSR count). The lowest BCUT2D eigenvalue weighted by Gasteiger charge is -2.28. The number of nitrogens with zero attached hydrogens (tertiary/aromatic N) is 7. The predicted molar refractivity (Wildman–Crippen MR) is 174 cm³/mol. The van der Waals surface area contributed by atoms with E-state index in [1.165, 1.54) is 10.8 Å². The first-order valence-corrected chi connectivity index (χ1v) is 15.7. The van der Waals surface area contributed by atoms with E-state index in [1.54, 1.807) is 37.5 Å². The van der Waals surface area contributed by atoms with Gasteiger partial charge >= 0.3 is 6.18 Å². The number of nitriles is 2. The third kappa shape index (κ3) is 5.20. The number of hydrogen-bond donors (Lipinski definition) is 2.